The average Bonchev–Trinajstić information content (AvgIpc) is 2.92. The number of rotatable bonds is 3. The van der Waals surface area contributed by atoms with Gasteiger partial charge in [-0.05, 0) is 29.6 Å². The average molecular weight is 289 g/mol. The van der Waals surface area contributed by atoms with Gasteiger partial charge in [-0.15, -0.1) is 11.3 Å². The number of aliphatic hydroxyl groups excluding tert-OH is 1. The fourth-order valence-corrected chi connectivity index (χ4v) is 2.31. The van der Waals surface area contributed by atoms with Crippen molar-refractivity contribution in [1.29, 1.82) is 0 Å². The maximum atomic E-state index is 13.8. The van der Waals surface area contributed by atoms with Crippen LogP contribution in [0, 0.1) is 17.7 Å². The van der Waals surface area contributed by atoms with Crippen LogP contribution >= 0.6 is 11.3 Å². The number of hydrogen-bond donors (Lipinski definition) is 2. The van der Waals surface area contributed by atoms with Gasteiger partial charge in [0.15, 0.2) is 0 Å². The Balaban J connectivity index is 2.04. The highest BCUT2D eigenvalue weighted by Gasteiger charge is 2.08. The summed E-state index contributed by atoms with van der Waals surface area (Å²) in [6, 6.07) is 8.00. The molecular weight excluding hydrogens is 277 g/mol. The first-order chi connectivity index (χ1) is 9.69. The first-order valence-corrected chi connectivity index (χ1v) is 6.78. The third-order valence-corrected chi connectivity index (χ3v) is 3.35. The molecule has 0 saturated heterocycles. The molecule has 0 radical (unpaired) electrons. The second-order valence-corrected chi connectivity index (χ2v) is 4.99. The predicted octanol–water partition coefficient (Wildman–Crippen LogP) is 2.41. The second-order valence-electron chi connectivity index (χ2n) is 3.96. The van der Waals surface area contributed by atoms with Crippen molar-refractivity contribution in [2.45, 2.75) is 6.42 Å². The minimum Gasteiger partial charge on any atom is -0.384 e. The summed E-state index contributed by atoms with van der Waals surface area (Å²) >= 11 is 1.48. The van der Waals surface area contributed by atoms with Gasteiger partial charge in [-0.3, -0.25) is 4.79 Å². The minimum absolute atomic E-state index is 0.126. The number of amides is 1. The summed E-state index contributed by atoms with van der Waals surface area (Å²) in [6.07, 6.45) is 0.225. The summed E-state index contributed by atoms with van der Waals surface area (Å²) in [6.45, 7) is -0.277. The van der Waals surface area contributed by atoms with E-state index in [0.29, 0.717) is 5.56 Å². The Morgan fingerprint density at radius 3 is 2.90 bits per heavy atom. The molecule has 1 aromatic carbocycles. The topological polar surface area (TPSA) is 49.3 Å². The van der Waals surface area contributed by atoms with Crippen LogP contribution < -0.4 is 5.32 Å². The summed E-state index contributed by atoms with van der Waals surface area (Å²) in [5.41, 5.74) is 0.578. The molecule has 0 atom stereocenters. The SMILES string of the molecule is O=C(Cc1cccs1)Nc1ccc(C#CCO)cc1F. The summed E-state index contributed by atoms with van der Waals surface area (Å²) in [4.78, 5) is 12.7. The van der Waals surface area contributed by atoms with Crippen molar-refractivity contribution >= 4 is 22.9 Å². The lowest BCUT2D eigenvalue weighted by Crippen LogP contribution is -2.14. The van der Waals surface area contributed by atoms with Gasteiger partial charge in [-0.1, -0.05) is 17.9 Å². The van der Waals surface area contributed by atoms with Gasteiger partial charge in [0.2, 0.25) is 5.91 Å². The number of aliphatic hydroxyl groups is 1. The minimum atomic E-state index is -0.547. The van der Waals surface area contributed by atoms with Gasteiger partial charge >= 0.3 is 0 Å². The first-order valence-electron chi connectivity index (χ1n) is 5.90. The lowest BCUT2D eigenvalue weighted by molar-refractivity contribution is -0.115. The number of thiophene rings is 1. The Morgan fingerprint density at radius 2 is 2.25 bits per heavy atom. The van der Waals surface area contributed by atoms with Crippen molar-refractivity contribution in [2.75, 3.05) is 11.9 Å². The van der Waals surface area contributed by atoms with Crippen LogP contribution in [0.15, 0.2) is 35.7 Å². The zero-order valence-electron chi connectivity index (χ0n) is 10.5. The molecule has 0 aliphatic rings. The van der Waals surface area contributed by atoms with Gasteiger partial charge in [-0.2, -0.15) is 0 Å². The standard InChI is InChI=1S/C15H12FNO2S/c16-13-9-11(3-1-7-18)5-6-14(13)17-15(19)10-12-4-2-8-20-12/h2,4-6,8-9,18H,7,10H2,(H,17,19). The van der Waals surface area contributed by atoms with Crippen LogP contribution in [0.5, 0.6) is 0 Å². The van der Waals surface area contributed by atoms with E-state index in [2.05, 4.69) is 17.2 Å². The Hall–Kier alpha value is -2.16. The first kappa shape index (κ1) is 14.3. The fraction of sp³-hybridized carbons (Fsp3) is 0.133. The van der Waals surface area contributed by atoms with Crippen LogP contribution in [0.4, 0.5) is 10.1 Å². The van der Waals surface area contributed by atoms with Gasteiger partial charge in [0.25, 0.3) is 0 Å². The highest BCUT2D eigenvalue weighted by atomic mass is 32.1. The van der Waals surface area contributed by atoms with Crippen molar-refractivity contribution in [3.05, 3.63) is 52.0 Å². The number of anilines is 1. The Kier molecular flexibility index (Phi) is 4.88. The molecule has 2 N–H and O–H groups in total. The van der Waals surface area contributed by atoms with Gasteiger partial charge < -0.3 is 10.4 Å². The third kappa shape index (κ3) is 3.92. The maximum Gasteiger partial charge on any atom is 0.229 e. The van der Waals surface area contributed by atoms with Crippen LogP contribution in [0.25, 0.3) is 0 Å². The molecule has 0 aliphatic heterocycles. The van der Waals surface area contributed by atoms with Crippen LogP contribution in [0.3, 0.4) is 0 Å². The molecule has 0 aliphatic carbocycles. The molecule has 0 fully saturated rings. The van der Waals surface area contributed by atoms with Crippen LogP contribution in [-0.2, 0) is 11.2 Å². The normalized spacial score (nSPS) is 9.70. The number of nitrogens with one attached hydrogen (secondary N) is 1. The molecule has 2 aromatic rings. The molecule has 1 aromatic heterocycles. The molecule has 2 rings (SSSR count). The van der Waals surface area contributed by atoms with Crippen molar-refractivity contribution in [3.63, 3.8) is 0 Å². The van der Waals surface area contributed by atoms with E-state index in [1.165, 1.54) is 23.5 Å². The van der Waals surface area contributed by atoms with Gasteiger partial charge in [-0.25, -0.2) is 4.39 Å². The maximum absolute atomic E-state index is 13.8. The largest absolute Gasteiger partial charge is 0.384 e. The van der Waals surface area contributed by atoms with Crippen molar-refractivity contribution in [1.82, 2.24) is 0 Å². The van der Waals surface area contributed by atoms with E-state index in [4.69, 9.17) is 5.11 Å². The van der Waals surface area contributed by atoms with Gasteiger partial charge in [0.1, 0.15) is 12.4 Å². The Labute approximate surface area is 120 Å². The van der Waals surface area contributed by atoms with Crippen molar-refractivity contribution in [3.8, 4) is 11.8 Å². The smallest absolute Gasteiger partial charge is 0.229 e. The van der Waals surface area contributed by atoms with E-state index < -0.39 is 5.82 Å². The molecule has 5 heteroatoms. The van der Waals surface area contributed by atoms with E-state index in [1.807, 2.05) is 17.5 Å². The summed E-state index contributed by atoms with van der Waals surface area (Å²) < 4.78 is 13.8. The molecule has 1 amide bonds. The van der Waals surface area contributed by atoms with E-state index in [0.717, 1.165) is 4.88 Å². The van der Waals surface area contributed by atoms with E-state index in [-0.39, 0.29) is 24.6 Å². The lowest BCUT2D eigenvalue weighted by Gasteiger charge is -2.06. The monoisotopic (exact) mass is 289 g/mol. The molecule has 0 bridgehead atoms. The molecular formula is C15H12FNO2S. The molecule has 0 spiro atoms. The third-order valence-electron chi connectivity index (χ3n) is 2.47. The molecule has 20 heavy (non-hydrogen) atoms. The van der Waals surface area contributed by atoms with Gasteiger partial charge in [0.05, 0.1) is 12.1 Å². The highest BCUT2D eigenvalue weighted by Crippen LogP contribution is 2.16. The summed E-state index contributed by atoms with van der Waals surface area (Å²) in [5, 5.41) is 13.0. The van der Waals surface area contributed by atoms with Crippen molar-refractivity contribution in [2.24, 2.45) is 0 Å². The molecule has 0 unspecified atom stereocenters. The van der Waals surface area contributed by atoms with E-state index >= 15 is 0 Å². The van der Waals surface area contributed by atoms with Crippen LogP contribution in [0.2, 0.25) is 0 Å². The molecule has 102 valence electrons. The van der Waals surface area contributed by atoms with Gasteiger partial charge in [0, 0.05) is 10.4 Å². The number of hydrogen-bond acceptors (Lipinski definition) is 3. The second kappa shape index (κ2) is 6.85. The van der Waals surface area contributed by atoms with Crippen molar-refractivity contribution < 1.29 is 14.3 Å². The molecule has 0 saturated carbocycles. The predicted molar refractivity (Wildman–Crippen MR) is 77.0 cm³/mol. The number of benzene rings is 1. The zero-order chi connectivity index (χ0) is 14.4. The van der Waals surface area contributed by atoms with E-state index in [9.17, 15) is 9.18 Å². The fourth-order valence-electron chi connectivity index (χ4n) is 1.60. The lowest BCUT2D eigenvalue weighted by atomic mass is 10.2. The summed E-state index contributed by atoms with van der Waals surface area (Å²) in [5.74, 6) is 4.23. The summed E-state index contributed by atoms with van der Waals surface area (Å²) in [7, 11) is 0. The zero-order valence-corrected chi connectivity index (χ0v) is 11.3. The highest BCUT2D eigenvalue weighted by molar-refractivity contribution is 7.10. The Morgan fingerprint density at radius 1 is 1.40 bits per heavy atom. The molecule has 1 heterocycles. The van der Waals surface area contributed by atoms with Crippen LogP contribution in [-0.4, -0.2) is 17.6 Å². The van der Waals surface area contributed by atoms with E-state index in [1.54, 1.807) is 6.07 Å². The number of carbonyl (C=O) groups excluding carboxylic acids is 1. The molecule has 3 nitrogen and oxygen atoms in total. The Bertz CT molecular complexity index is 656. The van der Waals surface area contributed by atoms with Crippen LogP contribution in [0.1, 0.15) is 10.4 Å². The number of halogens is 1. The quantitative estimate of drug-likeness (QED) is 0.853. The number of carbonyl (C=O) groups is 1.